The summed E-state index contributed by atoms with van der Waals surface area (Å²) in [5.74, 6) is 0.152. The lowest BCUT2D eigenvalue weighted by atomic mass is 9.98. The van der Waals surface area contributed by atoms with Crippen LogP contribution in [0.25, 0.3) is 0 Å². The van der Waals surface area contributed by atoms with E-state index in [4.69, 9.17) is 22.1 Å². The van der Waals surface area contributed by atoms with Crippen LogP contribution in [0.3, 0.4) is 0 Å². The Hall–Kier alpha value is -1.10. The van der Waals surface area contributed by atoms with E-state index >= 15 is 0 Å². The molecule has 2 aromatic rings. The van der Waals surface area contributed by atoms with Crippen molar-refractivity contribution in [1.82, 2.24) is 0 Å². The number of ether oxygens (including phenoxy) is 1. The molecule has 0 aromatic heterocycles. The molecule has 5 heteroatoms. The molecule has 0 aliphatic heterocycles. The average molecular weight is 345 g/mol. The van der Waals surface area contributed by atoms with Crippen LogP contribution in [0.1, 0.15) is 17.2 Å². The predicted octanol–water partition coefficient (Wildman–Crippen LogP) is 4.30. The Labute approximate surface area is 124 Å². The Morgan fingerprint density at radius 2 is 2.00 bits per heavy atom. The molecule has 2 aromatic carbocycles. The predicted molar refractivity (Wildman–Crippen MR) is 78.1 cm³/mol. The minimum Gasteiger partial charge on any atom is -0.496 e. The maximum Gasteiger partial charge on any atom is 0.142 e. The van der Waals surface area contributed by atoms with Gasteiger partial charge in [0.15, 0.2) is 0 Å². The van der Waals surface area contributed by atoms with Gasteiger partial charge in [-0.15, -0.1) is 0 Å². The third-order valence-electron chi connectivity index (χ3n) is 2.84. The summed E-state index contributed by atoms with van der Waals surface area (Å²) in [7, 11) is 1.56. The quantitative estimate of drug-likeness (QED) is 0.901. The first-order valence-corrected chi connectivity index (χ1v) is 6.74. The maximum atomic E-state index is 13.5. The van der Waals surface area contributed by atoms with E-state index in [1.807, 2.05) is 12.1 Å². The minimum absolute atomic E-state index is 0.0389. The largest absolute Gasteiger partial charge is 0.496 e. The summed E-state index contributed by atoms with van der Waals surface area (Å²) in [5, 5.41) is 0.0389. The van der Waals surface area contributed by atoms with Crippen LogP contribution in [-0.2, 0) is 0 Å². The van der Waals surface area contributed by atoms with Crippen LogP contribution in [0.5, 0.6) is 5.75 Å². The van der Waals surface area contributed by atoms with Crippen LogP contribution in [0.15, 0.2) is 40.9 Å². The van der Waals surface area contributed by atoms with Crippen LogP contribution < -0.4 is 10.5 Å². The van der Waals surface area contributed by atoms with E-state index in [1.54, 1.807) is 25.3 Å². The lowest BCUT2D eigenvalue weighted by Gasteiger charge is -2.18. The first-order valence-electron chi connectivity index (χ1n) is 5.57. The number of benzene rings is 2. The lowest BCUT2D eigenvalue weighted by molar-refractivity contribution is 0.407. The number of nitrogens with two attached hydrogens (primary N) is 1. The van der Waals surface area contributed by atoms with E-state index in [0.29, 0.717) is 11.3 Å². The van der Waals surface area contributed by atoms with Crippen LogP contribution in [0.2, 0.25) is 5.02 Å². The molecule has 1 atom stereocenters. The zero-order valence-corrected chi connectivity index (χ0v) is 12.5. The third kappa shape index (κ3) is 2.91. The summed E-state index contributed by atoms with van der Waals surface area (Å²) in [5.41, 5.74) is 7.45. The fourth-order valence-corrected chi connectivity index (χ4v) is 2.50. The fraction of sp³-hybridized carbons (Fsp3) is 0.143. The summed E-state index contributed by atoms with van der Waals surface area (Å²) in [6.45, 7) is 0. The molecule has 19 heavy (non-hydrogen) atoms. The normalized spacial score (nSPS) is 12.3. The molecule has 0 saturated heterocycles. The van der Waals surface area contributed by atoms with Crippen molar-refractivity contribution < 1.29 is 9.13 Å². The fourth-order valence-electron chi connectivity index (χ4n) is 1.88. The molecule has 0 bridgehead atoms. The molecule has 0 aliphatic carbocycles. The molecule has 0 aliphatic rings. The van der Waals surface area contributed by atoms with Crippen molar-refractivity contribution in [1.29, 1.82) is 0 Å². The van der Waals surface area contributed by atoms with Gasteiger partial charge in [-0.1, -0.05) is 39.7 Å². The molecular weight excluding hydrogens is 333 g/mol. The molecule has 0 radical (unpaired) electrons. The summed E-state index contributed by atoms with van der Waals surface area (Å²) >= 11 is 9.35. The number of hydrogen-bond acceptors (Lipinski definition) is 2. The molecule has 0 amide bonds. The Bertz CT molecular complexity index is 606. The first-order chi connectivity index (χ1) is 9.04. The molecular formula is C14H12BrClFNO. The number of halogens is 3. The van der Waals surface area contributed by atoms with Crippen LogP contribution in [0.4, 0.5) is 4.39 Å². The van der Waals surface area contributed by atoms with Gasteiger partial charge in [-0.05, 0) is 29.8 Å². The average Bonchev–Trinajstić information content (AvgIpc) is 2.41. The number of rotatable bonds is 3. The van der Waals surface area contributed by atoms with E-state index in [1.165, 1.54) is 6.07 Å². The van der Waals surface area contributed by atoms with E-state index < -0.39 is 11.9 Å². The highest BCUT2D eigenvalue weighted by Crippen LogP contribution is 2.34. The van der Waals surface area contributed by atoms with Crippen LogP contribution >= 0.6 is 27.5 Å². The van der Waals surface area contributed by atoms with Crippen molar-refractivity contribution in [3.63, 3.8) is 0 Å². The molecule has 0 spiro atoms. The van der Waals surface area contributed by atoms with E-state index in [-0.39, 0.29) is 5.02 Å². The Morgan fingerprint density at radius 1 is 1.26 bits per heavy atom. The van der Waals surface area contributed by atoms with Crippen molar-refractivity contribution >= 4 is 27.5 Å². The summed E-state index contributed by atoms with van der Waals surface area (Å²) in [4.78, 5) is 0. The summed E-state index contributed by atoms with van der Waals surface area (Å²) in [6, 6.07) is 9.52. The van der Waals surface area contributed by atoms with Gasteiger partial charge in [0.25, 0.3) is 0 Å². The van der Waals surface area contributed by atoms with E-state index in [2.05, 4.69) is 15.9 Å². The second kappa shape index (κ2) is 5.90. The minimum atomic E-state index is -0.560. The van der Waals surface area contributed by atoms with Gasteiger partial charge < -0.3 is 10.5 Å². The highest BCUT2D eigenvalue weighted by atomic mass is 79.9. The number of methoxy groups -OCH3 is 1. The monoisotopic (exact) mass is 343 g/mol. The Kier molecular flexibility index (Phi) is 4.45. The van der Waals surface area contributed by atoms with Crippen LogP contribution in [-0.4, -0.2) is 7.11 Å². The van der Waals surface area contributed by atoms with Crippen molar-refractivity contribution in [2.75, 3.05) is 7.11 Å². The highest BCUT2D eigenvalue weighted by Gasteiger charge is 2.18. The van der Waals surface area contributed by atoms with Crippen LogP contribution in [0, 0.1) is 5.82 Å². The third-order valence-corrected chi connectivity index (χ3v) is 3.74. The first kappa shape index (κ1) is 14.3. The highest BCUT2D eigenvalue weighted by molar-refractivity contribution is 9.10. The van der Waals surface area contributed by atoms with Gasteiger partial charge in [0.2, 0.25) is 0 Å². The SMILES string of the molecule is COc1ccc(Br)cc1C(N)c1cccc(F)c1Cl. The van der Waals surface area contributed by atoms with Crippen molar-refractivity contribution in [3.05, 3.63) is 62.8 Å². The Morgan fingerprint density at radius 3 is 2.68 bits per heavy atom. The summed E-state index contributed by atoms with van der Waals surface area (Å²) < 4.78 is 19.6. The topological polar surface area (TPSA) is 35.2 Å². The van der Waals surface area contributed by atoms with E-state index in [9.17, 15) is 4.39 Å². The maximum absolute atomic E-state index is 13.5. The van der Waals surface area contributed by atoms with Gasteiger partial charge in [-0.25, -0.2) is 4.39 Å². The van der Waals surface area contributed by atoms with Gasteiger partial charge in [-0.3, -0.25) is 0 Å². The molecule has 2 N–H and O–H groups in total. The van der Waals surface area contributed by atoms with Crippen molar-refractivity contribution in [2.24, 2.45) is 5.73 Å². The van der Waals surface area contributed by atoms with Gasteiger partial charge in [-0.2, -0.15) is 0 Å². The second-order valence-corrected chi connectivity index (χ2v) is 5.30. The smallest absolute Gasteiger partial charge is 0.142 e. The van der Waals surface area contributed by atoms with Gasteiger partial charge in [0.1, 0.15) is 11.6 Å². The number of hydrogen-bond donors (Lipinski definition) is 1. The molecule has 1 unspecified atom stereocenters. The van der Waals surface area contributed by atoms with Gasteiger partial charge in [0, 0.05) is 10.0 Å². The zero-order chi connectivity index (χ0) is 14.0. The zero-order valence-electron chi connectivity index (χ0n) is 10.2. The molecule has 2 nitrogen and oxygen atoms in total. The van der Waals surface area contributed by atoms with Crippen molar-refractivity contribution in [3.8, 4) is 5.75 Å². The molecule has 0 heterocycles. The van der Waals surface area contributed by atoms with Crippen molar-refractivity contribution in [2.45, 2.75) is 6.04 Å². The molecule has 0 fully saturated rings. The van der Waals surface area contributed by atoms with E-state index in [0.717, 1.165) is 10.0 Å². The Balaban J connectivity index is 2.52. The van der Waals surface area contributed by atoms with Gasteiger partial charge >= 0.3 is 0 Å². The molecule has 2 rings (SSSR count). The molecule has 100 valence electrons. The summed E-state index contributed by atoms with van der Waals surface area (Å²) in [6.07, 6.45) is 0. The molecule has 0 saturated carbocycles. The van der Waals surface area contributed by atoms with Gasteiger partial charge in [0.05, 0.1) is 18.2 Å². The standard InChI is InChI=1S/C14H12BrClFNO/c1-19-12-6-5-8(15)7-10(12)14(18)9-3-2-4-11(17)13(9)16/h2-7,14H,18H2,1H3. The second-order valence-electron chi connectivity index (χ2n) is 4.01. The lowest BCUT2D eigenvalue weighted by Crippen LogP contribution is -2.14.